The summed E-state index contributed by atoms with van der Waals surface area (Å²) in [6, 6.07) is 0. The Balaban J connectivity index is 2.45. The molecule has 0 amide bonds. The van der Waals surface area contributed by atoms with Gasteiger partial charge in [0.1, 0.15) is 0 Å². The molecule has 0 fully saturated rings. The third kappa shape index (κ3) is 5.80. The summed E-state index contributed by atoms with van der Waals surface area (Å²) in [4.78, 5) is 0. The van der Waals surface area contributed by atoms with Crippen LogP contribution < -0.4 is 22.3 Å². The van der Waals surface area contributed by atoms with Crippen LogP contribution in [0.25, 0.3) is 0 Å². The van der Waals surface area contributed by atoms with Crippen LogP contribution in [0.1, 0.15) is 0 Å². The molecule has 0 aromatic heterocycles. The number of aliphatic hydroxyl groups excluding tert-OH is 1. The maximum atomic E-state index is 8.12. The molecule has 0 unspecified atom stereocenters. The molecule has 0 aromatic carbocycles. The normalized spacial score (nSPS) is 9.43. The number of nitrogens with two attached hydrogens (primary N) is 1. The minimum Gasteiger partial charge on any atom is -0.395 e. The zero-order chi connectivity index (χ0) is 5.54. The van der Waals surface area contributed by atoms with Gasteiger partial charge in [0, 0.05) is 6.54 Å². The standard InChI is InChI=1S/C2H10N4O/c3-5-6-4-1-2-7/h4-7H,1-3H2. The molecule has 44 valence electrons. The van der Waals surface area contributed by atoms with E-state index in [0.29, 0.717) is 6.54 Å². The third-order valence-corrected chi connectivity index (χ3v) is 0.397. The van der Waals surface area contributed by atoms with Crippen LogP contribution >= 0.6 is 0 Å². The Morgan fingerprint density at radius 3 is 2.71 bits per heavy atom. The van der Waals surface area contributed by atoms with Crippen LogP contribution in [0.5, 0.6) is 0 Å². The summed E-state index contributed by atoms with van der Waals surface area (Å²) in [7, 11) is 0. The second-order valence-electron chi connectivity index (χ2n) is 0.920. The lowest BCUT2D eigenvalue weighted by molar-refractivity contribution is 0.276. The Bertz CT molecular complexity index is 28.9. The van der Waals surface area contributed by atoms with Crippen molar-refractivity contribution < 1.29 is 5.11 Å². The van der Waals surface area contributed by atoms with Crippen LogP contribution in [0.2, 0.25) is 0 Å². The van der Waals surface area contributed by atoms with Crippen molar-refractivity contribution in [3.05, 3.63) is 0 Å². The summed E-state index contributed by atoms with van der Waals surface area (Å²) in [5, 5.41) is 8.12. The zero-order valence-corrected chi connectivity index (χ0v) is 3.94. The van der Waals surface area contributed by atoms with Gasteiger partial charge in [-0.25, -0.2) is 5.43 Å². The van der Waals surface area contributed by atoms with E-state index in [1.54, 1.807) is 0 Å². The maximum Gasteiger partial charge on any atom is 0.0570 e. The quantitative estimate of drug-likeness (QED) is 0.155. The van der Waals surface area contributed by atoms with E-state index in [-0.39, 0.29) is 6.61 Å². The molecule has 0 aromatic rings. The predicted molar refractivity (Wildman–Crippen MR) is 25.5 cm³/mol. The maximum absolute atomic E-state index is 8.12. The lowest BCUT2D eigenvalue weighted by atomic mass is 10.7. The van der Waals surface area contributed by atoms with Gasteiger partial charge in [-0.15, -0.1) is 0 Å². The fraction of sp³-hybridized carbons (Fsp3) is 1.00. The summed E-state index contributed by atoms with van der Waals surface area (Å²) >= 11 is 0. The molecule has 6 N–H and O–H groups in total. The number of hydrogen-bond acceptors (Lipinski definition) is 5. The van der Waals surface area contributed by atoms with Crippen molar-refractivity contribution >= 4 is 0 Å². The van der Waals surface area contributed by atoms with E-state index in [1.807, 2.05) is 0 Å². The van der Waals surface area contributed by atoms with E-state index in [0.717, 1.165) is 0 Å². The molecule has 0 heterocycles. The fourth-order valence-corrected chi connectivity index (χ4v) is 0.169. The van der Waals surface area contributed by atoms with E-state index in [4.69, 9.17) is 10.9 Å². The predicted octanol–water partition coefficient (Wildman–Crippen LogP) is -2.55. The fourth-order valence-electron chi connectivity index (χ4n) is 0.169. The Hall–Kier alpha value is -0.200. The van der Waals surface area contributed by atoms with Gasteiger partial charge in [-0.1, -0.05) is 0 Å². The second-order valence-corrected chi connectivity index (χ2v) is 0.920. The van der Waals surface area contributed by atoms with Gasteiger partial charge in [-0.05, 0) is 0 Å². The smallest absolute Gasteiger partial charge is 0.0570 e. The van der Waals surface area contributed by atoms with Crippen LogP contribution in [0, 0.1) is 0 Å². The first-order valence-corrected chi connectivity index (χ1v) is 1.96. The molecule has 5 nitrogen and oxygen atoms in total. The first kappa shape index (κ1) is 6.80. The summed E-state index contributed by atoms with van der Waals surface area (Å²) in [5.74, 6) is 4.76. The molecule has 0 aliphatic heterocycles. The molecule has 0 rings (SSSR count). The van der Waals surface area contributed by atoms with Crippen LogP contribution in [0.4, 0.5) is 0 Å². The van der Waals surface area contributed by atoms with E-state index in [9.17, 15) is 0 Å². The first-order valence-electron chi connectivity index (χ1n) is 1.96. The highest BCUT2D eigenvalue weighted by molar-refractivity contribution is 4.27. The zero-order valence-electron chi connectivity index (χ0n) is 3.94. The number of nitrogens with one attached hydrogen (secondary N) is 3. The van der Waals surface area contributed by atoms with Crippen LogP contribution in [0.3, 0.4) is 0 Å². The minimum absolute atomic E-state index is 0.0919. The van der Waals surface area contributed by atoms with Crippen molar-refractivity contribution in [1.82, 2.24) is 16.5 Å². The lowest BCUT2D eigenvalue weighted by Gasteiger charge is -1.99. The Morgan fingerprint density at radius 2 is 2.29 bits per heavy atom. The summed E-state index contributed by atoms with van der Waals surface area (Å²) in [5.41, 5.74) is 7.05. The van der Waals surface area contributed by atoms with E-state index >= 15 is 0 Å². The molecule has 5 heteroatoms. The number of hydrazine groups is 3. The Morgan fingerprint density at radius 1 is 1.57 bits per heavy atom. The van der Waals surface area contributed by atoms with Crippen LogP contribution in [-0.4, -0.2) is 18.3 Å². The molecule has 0 atom stereocenters. The van der Waals surface area contributed by atoms with Crippen molar-refractivity contribution in [2.45, 2.75) is 0 Å². The van der Waals surface area contributed by atoms with Crippen LogP contribution in [-0.2, 0) is 0 Å². The minimum atomic E-state index is 0.0919. The molecule has 0 spiro atoms. The highest BCUT2D eigenvalue weighted by Gasteiger charge is 1.74. The molecule has 0 aliphatic rings. The lowest BCUT2D eigenvalue weighted by Crippen LogP contribution is -2.48. The van der Waals surface area contributed by atoms with Gasteiger partial charge in [0.25, 0.3) is 0 Å². The van der Waals surface area contributed by atoms with E-state index < -0.39 is 0 Å². The largest absolute Gasteiger partial charge is 0.395 e. The number of rotatable bonds is 4. The summed E-state index contributed by atoms with van der Waals surface area (Å²) in [6.07, 6.45) is 0. The van der Waals surface area contributed by atoms with Gasteiger partial charge >= 0.3 is 0 Å². The molecule has 0 saturated heterocycles. The molecule has 0 bridgehead atoms. The molecular weight excluding hydrogens is 96.0 g/mol. The van der Waals surface area contributed by atoms with Gasteiger partial charge in [0.05, 0.1) is 6.61 Å². The van der Waals surface area contributed by atoms with Crippen molar-refractivity contribution in [2.24, 2.45) is 5.84 Å². The second kappa shape index (κ2) is 5.80. The van der Waals surface area contributed by atoms with Crippen molar-refractivity contribution in [2.75, 3.05) is 13.2 Å². The molecule has 0 saturated carbocycles. The average Bonchev–Trinajstić information content (AvgIpc) is 1.69. The highest BCUT2D eigenvalue weighted by atomic mass is 16.3. The highest BCUT2D eigenvalue weighted by Crippen LogP contribution is 1.43. The number of aliphatic hydroxyl groups is 1. The topological polar surface area (TPSA) is 82.3 Å². The first-order chi connectivity index (χ1) is 3.41. The van der Waals surface area contributed by atoms with Crippen molar-refractivity contribution in [3.8, 4) is 0 Å². The molecular formula is C2H10N4O. The van der Waals surface area contributed by atoms with E-state index in [2.05, 4.69) is 16.5 Å². The summed E-state index contributed by atoms with van der Waals surface area (Å²) < 4.78 is 0. The molecule has 7 heavy (non-hydrogen) atoms. The SMILES string of the molecule is NNNNCCO. The third-order valence-electron chi connectivity index (χ3n) is 0.397. The van der Waals surface area contributed by atoms with Gasteiger partial charge in [0.2, 0.25) is 0 Å². The van der Waals surface area contributed by atoms with Gasteiger partial charge < -0.3 is 5.11 Å². The molecule has 0 aliphatic carbocycles. The van der Waals surface area contributed by atoms with Crippen molar-refractivity contribution in [3.63, 3.8) is 0 Å². The average molecular weight is 106 g/mol. The monoisotopic (exact) mass is 106 g/mol. The van der Waals surface area contributed by atoms with Gasteiger partial charge in [0.15, 0.2) is 0 Å². The van der Waals surface area contributed by atoms with E-state index in [1.165, 1.54) is 0 Å². The molecule has 0 radical (unpaired) electrons. The van der Waals surface area contributed by atoms with Gasteiger partial charge in [-0.2, -0.15) is 11.1 Å². The Labute approximate surface area is 41.8 Å². The Kier molecular flexibility index (Phi) is 5.63. The van der Waals surface area contributed by atoms with Gasteiger partial charge in [-0.3, -0.25) is 5.84 Å². The van der Waals surface area contributed by atoms with Crippen molar-refractivity contribution in [1.29, 1.82) is 0 Å². The van der Waals surface area contributed by atoms with Crippen LogP contribution in [0.15, 0.2) is 0 Å². The number of hydrogen-bond donors (Lipinski definition) is 5. The summed E-state index contributed by atoms with van der Waals surface area (Å²) in [6.45, 7) is 0.568.